The molecule has 4 nitrogen and oxygen atoms in total. The maximum atomic E-state index is 11.6. The van der Waals surface area contributed by atoms with Crippen LogP contribution in [0.25, 0.3) is 0 Å². The quantitative estimate of drug-likeness (QED) is 0.763. The van der Waals surface area contributed by atoms with Crippen molar-refractivity contribution in [3.63, 3.8) is 0 Å². The van der Waals surface area contributed by atoms with Gasteiger partial charge in [-0.2, -0.15) is 0 Å². The molecule has 2 rings (SSSR count). The highest BCUT2D eigenvalue weighted by Crippen LogP contribution is 2.33. The summed E-state index contributed by atoms with van der Waals surface area (Å²) in [4.78, 5) is 11.6. The van der Waals surface area contributed by atoms with Crippen molar-refractivity contribution in [2.75, 3.05) is 17.7 Å². The first kappa shape index (κ1) is 10.8. The highest BCUT2D eigenvalue weighted by Gasteiger charge is 2.26. The van der Waals surface area contributed by atoms with Gasteiger partial charge < -0.3 is 15.4 Å². The maximum absolute atomic E-state index is 11.6. The molecule has 0 atom stereocenters. The lowest BCUT2D eigenvalue weighted by atomic mass is 10.0. The minimum absolute atomic E-state index is 0.0291. The van der Waals surface area contributed by atoms with Gasteiger partial charge in [-0.15, -0.1) is 0 Å². The van der Waals surface area contributed by atoms with Gasteiger partial charge >= 0.3 is 0 Å². The molecule has 0 bridgehead atoms. The number of fused-ring (bicyclic) bond motifs is 1. The highest BCUT2D eigenvalue weighted by molar-refractivity contribution is 5.97. The number of amides is 1. The summed E-state index contributed by atoms with van der Waals surface area (Å²) in [6, 6.07) is 5.57. The van der Waals surface area contributed by atoms with E-state index < -0.39 is 0 Å². The molecule has 86 valence electrons. The van der Waals surface area contributed by atoms with Crippen LogP contribution in [0.4, 0.5) is 11.4 Å². The van der Waals surface area contributed by atoms with E-state index >= 15 is 0 Å². The van der Waals surface area contributed by atoms with E-state index in [1.54, 1.807) is 7.11 Å². The first-order valence-corrected chi connectivity index (χ1v) is 5.26. The smallest absolute Gasteiger partial charge is 0.226 e. The van der Waals surface area contributed by atoms with Crippen molar-refractivity contribution in [2.45, 2.75) is 25.8 Å². The molecular formula is C12H16N2O2. The van der Waals surface area contributed by atoms with Gasteiger partial charge in [-0.3, -0.25) is 4.79 Å². The maximum Gasteiger partial charge on any atom is 0.226 e. The molecule has 4 heteroatoms. The number of methoxy groups -OCH3 is 1. The first-order valence-electron chi connectivity index (χ1n) is 5.26. The lowest BCUT2D eigenvalue weighted by molar-refractivity contribution is -0.116. The third-order valence-electron chi connectivity index (χ3n) is 2.58. The highest BCUT2D eigenvalue weighted by atomic mass is 16.5. The number of carbonyl (C=O) groups is 1. The van der Waals surface area contributed by atoms with Crippen LogP contribution in [0.3, 0.4) is 0 Å². The third-order valence-corrected chi connectivity index (χ3v) is 2.58. The van der Waals surface area contributed by atoms with E-state index in [2.05, 4.69) is 10.6 Å². The van der Waals surface area contributed by atoms with Gasteiger partial charge in [0.2, 0.25) is 5.91 Å². The Morgan fingerprint density at radius 1 is 1.31 bits per heavy atom. The van der Waals surface area contributed by atoms with E-state index in [0.29, 0.717) is 6.42 Å². The Hall–Kier alpha value is -1.71. The molecule has 0 radical (unpaired) electrons. The normalized spacial score (nSPS) is 17.8. The van der Waals surface area contributed by atoms with E-state index in [0.717, 1.165) is 17.1 Å². The van der Waals surface area contributed by atoms with E-state index in [4.69, 9.17) is 4.74 Å². The zero-order valence-corrected chi connectivity index (χ0v) is 9.76. The number of rotatable bonds is 1. The van der Waals surface area contributed by atoms with Crippen molar-refractivity contribution in [3.8, 4) is 5.75 Å². The van der Waals surface area contributed by atoms with Gasteiger partial charge in [0.1, 0.15) is 5.75 Å². The zero-order valence-electron chi connectivity index (χ0n) is 9.76. The predicted molar refractivity (Wildman–Crippen MR) is 63.9 cm³/mol. The fraction of sp³-hybridized carbons (Fsp3) is 0.417. The van der Waals surface area contributed by atoms with Gasteiger partial charge in [0.05, 0.1) is 18.5 Å². The Kier molecular flexibility index (Phi) is 2.50. The van der Waals surface area contributed by atoms with Crippen LogP contribution in [0.5, 0.6) is 5.75 Å². The van der Waals surface area contributed by atoms with Crippen molar-refractivity contribution < 1.29 is 9.53 Å². The van der Waals surface area contributed by atoms with Crippen LogP contribution in [0.2, 0.25) is 0 Å². The molecule has 1 aliphatic heterocycles. The first-order chi connectivity index (χ1) is 7.50. The topological polar surface area (TPSA) is 50.4 Å². The van der Waals surface area contributed by atoms with Gasteiger partial charge in [0.15, 0.2) is 0 Å². The molecule has 0 unspecified atom stereocenters. The molecule has 1 amide bonds. The van der Waals surface area contributed by atoms with Crippen molar-refractivity contribution >= 4 is 17.3 Å². The number of benzene rings is 1. The third kappa shape index (κ3) is 2.10. The molecule has 0 aliphatic carbocycles. The van der Waals surface area contributed by atoms with Crippen LogP contribution in [-0.4, -0.2) is 18.6 Å². The Morgan fingerprint density at radius 2 is 2.06 bits per heavy atom. The van der Waals surface area contributed by atoms with Crippen LogP contribution < -0.4 is 15.4 Å². The van der Waals surface area contributed by atoms with Crippen molar-refractivity contribution in [1.29, 1.82) is 0 Å². The lowest BCUT2D eigenvalue weighted by Crippen LogP contribution is -2.32. The zero-order chi connectivity index (χ0) is 11.8. The molecule has 1 aliphatic rings. The van der Waals surface area contributed by atoms with Crippen LogP contribution >= 0.6 is 0 Å². The number of hydrogen-bond donors (Lipinski definition) is 2. The summed E-state index contributed by atoms with van der Waals surface area (Å²) in [7, 11) is 1.63. The Labute approximate surface area is 95.0 Å². The molecule has 0 saturated heterocycles. The van der Waals surface area contributed by atoms with Crippen LogP contribution in [-0.2, 0) is 4.79 Å². The SMILES string of the molecule is COc1ccc2c(c1)NC(C)(C)CC(=O)N2. The lowest BCUT2D eigenvalue weighted by Gasteiger charge is -2.24. The van der Waals surface area contributed by atoms with E-state index in [9.17, 15) is 4.79 Å². The van der Waals surface area contributed by atoms with Gasteiger partial charge in [0, 0.05) is 18.0 Å². The molecule has 16 heavy (non-hydrogen) atoms. The largest absolute Gasteiger partial charge is 0.497 e. The second-order valence-corrected chi connectivity index (χ2v) is 4.65. The van der Waals surface area contributed by atoms with Gasteiger partial charge in [-0.1, -0.05) is 0 Å². The summed E-state index contributed by atoms with van der Waals surface area (Å²) in [6.45, 7) is 4.00. The summed E-state index contributed by atoms with van der Waals surface area (Å²) in [5, 5.41) is 6.21. The van der Waals surface area contributed by atoms with Gasteiger partial charge in [-0.25, -0.2) is 0 Å². The van der Waals surface area contributed by atoms with Crippen molar-refractivity contribution in [2.24, 2.45) is 0 Å². The number of nitrogens with one attached hydrogen (secondary N) is 2. The fourth-order valence-corrected chi connectivity index (χ4v) is 1.87. The average Bonchev–Trinajstić information content (AvgIpc) is 2.29. The van der Waals surface area contributed by atoms with E-state index in [-0.39, 0.29) is 11.4 Å². The molecule has 1 aromatic rings. The fourth-order valence-electron chi connectivity index (χ4n) is 1.87. The van der Waals surface area contributed by atoms with E-state index in [1.165, 1.54) is 0 Å². The second kappa shape index (κ2) is 3.70. The van der Waals surface area contributed by atoms with Gasteiger partial charge in [0.25, 0.3) is 0 Å². The summed E-state index contributed by atoms with van der Waals surface area (Å²) in [5.74, 6) is 0.805. The minimum atomic E-state index is -0.248. The number of ether oxygens (including phenoxy) is 1. The van der Waals surface area contributed by atoms with E-state index in [1.807, 2.05) is 32.0 Å². The molecule has 1 heterocycles. The standard InChI is InChI=1S/C12H16N2O2/c1-12(2)7-11(15)13-9-5-4-8(16-3)6-10(9)14-12/h4-6,14H,7H2,1-3H3,(H,13,15). The molecule has 0 saturated carbocycles. The molecule has 2 N–H and O–H groups in total. The van der Waals surface area contributed by atoms with Crippen LogP contribution in [0.15, 0.2) is 18.2 Å². The number of anilines is 2. The van der Waals surface area contributed by atoms with Gasteiger partial charge in [-0.05, 0) is 26.0 Å². The number of carbonyl (C=O) groups excluding carboxylic acids is 1. The van der Waals surface area contributed by atoms with Crippen molar-refractivity contribution in [3.05, 3.63) is 18.2 Å². The molecule has 0 aromatic heterocycles. The number of hydrogen-bond acceptors (Lipinski definition) is 3. The van der Waals surface area contributed by atoms with Crippen molar-refractivity contribution in [1.82, 2.24) is 0 Å². The monoisotopic (exact) mass is 220 g/mol. The Morgan fingerprint density at radius 3 is 2.75 bits per heavy atom. The van der Waals surface area contributed by atoms with Crippen LogP contribution in [0, 0.1) is 0 Å². The molecule has 0 fully saturated rings. The average molecular weight is 220 g/mol. The molecule has 0 spiro atoms. The Bertz CT molecular complexity index is 427. The molecular weight excluding hydrogens is 204 g/mol. The summed E-state index contributed by atoms with van der Waals surface area (Å²) in [6.07, 6.45) is 0.448. The van der Waals surface area contributed by atoms with Crippen LogP contribution in [0.1, 0.15) is 20.3 Å². The Balaban J connectivity index is 2.43. The minimum Gasteiger partial charge on any atom is -0.497 e. The summed E-state index contributed by atoms with van der Waals surface area (Å²) in [5.41, 5.74) is 1.45. The summed E-state index contributed by atoms with van der Waals surface area (Å²) >= 11 is 0. The molecule has 1 aromatic carbocycles. The predicted octanol–water partition coefficient (Wildman–Crippen LogP) is 2.23. The summed E-state index contributed by atoms with van der Waals surface area (Å²) < 4.78 is 5.16. The second-order valence-electron chi connectivity index (χ2n) is 4.65.